The van der Waals surface area contributed by atoms with Crippen LogP contribution < -0.4 is 4.90 Å². The standard InChI is InChI=1S/C26H41N3O/c1-6-17(4)18-15-21-24-26(19-11-9-10-12-20(19)27(24)5)16-22(23(18)25(26)30)29(21)14-13-28(7-2)8-3/h9-12,17-18,21-25,30H,6-8,13-16H2,1-5H3/t17-,18-,21-,22-,23-,24-,25+,26+/m0/s1. The molecule has 1 spiro atoms. The van der Waals surface area contributed by atoms with E-state index in [1.165, 1.54) is 24.1 Å². The van der Waals surface area contributed by atoms with Crippen molar-refractivity contribution in [1.82, 2.24) is 9.80 Å². The molecule has 3 fully saturated rings. The minimum atomic E-state index is -0.221. The van der Waals surface area contributed by atoms with E-state index in [9.17, 15) is 5.11 Å². The first-order valence-electron chi connectivity index (χ1n) is 12.5. The number of anilines is 1. The number of likely N-dealkylation sites (N-methyl/N-ethyl adjacent to an activating group) is 2. The van der Waals surface area contributed by atoms with Gasteiger partial charge in [0, 0.05) is 49.2 Å². The van der Waals surface area contributed by atoms with Crippen LogP contribution in [0.15, 0.2) is 24.3 Å². The number of rotatable bonds is 7. The molecule has 5 rings (SSSR count). The number of hydrogen-bond donors (Lipinski definition) is 1. The highest BCUT2D eigenvalue weighted by molar-refractivity contribution is 5.67. The van der Waals surface area contributed by atoms with Crippen molar-refractivity contribution >= 4 is 5.69 Å². The number of para-hydroxylation sites is 1. The third-order valence-corrected chi connectivity index (χ3v) is 9.78. The fourth-order valence-corrected chi connectivity index (χ4v) is 8.18. The summed E-state index contributed by atoms with van der Waals surface area (Å²) >= 11 is 0. The van der Waals surface area contributed by atoms with Crippen LogP contribution in [0.5, 0.6) is 0 Å². The van der Waals surface area contributed by atoms with E-state index in [-0.39, 0.29) is 11.5 Å². The van der Waals surface area contributed by atoms with Crippen molar-refractivity contribution in [3.8, 4) is 0 Å². The van der Waals surface area contributed by atoms with Gasteiger partial charge in [0.2, 0.25) is 0 Å². The van der Waals surface area contributed by atoms with Gasteiger partial charge in [-0.05, 0) is 49.4 Å². The Morgan fingerprint density at radius 2 is 1.90 bits per heavy atom. The molecule has 8 atom stereocenters. The molecule has 0 unspecified atom stereocenters. The molecule has 1 aromatic carbocycles. The smallest absolute Gasteiger partial charge is 0.0704 e. The summed E-state index contributed by atoms with van der Waals surface area (Å²) in [5, 5.41) is 12.0. The Hall–Kier alpha value is -1.10. The Balaban J connectivity index is 1.57. The van der Waals surface area contributed by atoms with Gasteiger partial charge in [-0.3, -0.25) is 4.90 Å². The van der Waals surface area contributed by atoms with Gasteiger partial charge in [-0.25, -0.2) is 0 Å². The second kappa shape index (κ2) is 7.50. The lowest BCUT2D eigenvalue weighted by Crippen LogP contribution is -2.66. The van der Waals surface area contributed by atoms with Gasteiger partial charge in [-0.1, -0.05) is 52.3 Å². The Bertz CT molecular complexity index is 779. The maximum Gasteiger partial charge on any atom is 0.0704 e. The Morgan fingerprint density at radius 1 is 1.17 bits per heavy atom. The van der Waals surface area contributed by atoms with Gasteiger partial charge in [0.25, 0.3) is 0 Å². The number of fused-ring (bicyclic) bond motifs is 3. The summed E-state index contributed by atoms with van der Waals surface area (Å²) in [7, 11) is 2.29. The van der Waals surface area contributed by atoms with E-state index in [1.54, 1.807) is 0 Å². The highest BCUT2D eigenvalue weighted by atomic mass is 16.3. The number of benzene rings is 1. The van der Waals surface area contributed by atoms with Crippen molar-refractivity contribution in [3.05, 3.63) is 29.8 Å². The van der Waals surface area contributed by atoms with Crippen molar-refractivity contribution in [3.63, 3.8) is 0 Å². The minimum Gasteiger partial charge on any atom is -0.392 e. The summed E-state index contributed by atoms with van der Waals surface area (Å²) in [5.41, 5.74) is 2.72. The molecule has 4 aliphatic rings. The van der Waals surface area contributed by atoms with E-state index in [0.717, 1.165) is 32.6 Å². The normalized spacial score (nSPS) is 40.2. The van der Waals surface area contributed by atoms with Gasteiger partial charge >= 0.3 is 0 Å². The van der Waals surface area contributed by atoms with E-state index in [1.807, 2.05) is 0 Å². The summed E-state index contributed by atoms with van der Waals surface area (Å²) in [6, 6.07) is 10.4. The van der Waals surface area contributed by atoms with Crippen LogP contribution >= 0.6 is 0 Å². The predicted octanol–water partition coefficient (Wildman–Crippen LogP) is 3.58. The summed E-state index contributed by atoms with van der Waals surface area (Å²) in [6.07, 6.45) is 3.38. The lowest BCUT2D eigenvalue weighted by atomic mass is 9.67. The number of hydrogen-bond acceptors (Lipinski definition) is 4. The summed E-state index contributed by atoms with van der Waals surface area (Å²) in [6.45, 7) is 13.9. The van der Waals surface area contributed by atoms with E-state index in [2.05, 4.69) is 73.7 Å². The van der Waals surface area contributed by atoms with Gasteiger partial charge in [-0.15, -0.1) is 0 Å². The molecule has 3 bridgehead atoms. The van der Waals surface area contributed by atoms with Crippen LogP contribution in [0.25, 0.3) is 0 Å². The maximum absolute atomic E-state index is 12.0. The summed E-state index contributed by atoms with van der Waals surface area (Å²) in [4.78, 5) is 7.95. The molecular weight excluding hydrogens is 370 g/mol. The SMILES string of the molecule is CC[C@H](C)[C@@H]1C[C@H]2[C@@H]3N(C)c4ccccc4[C@]34C[C@@H]([C@H]1[C@H]4O)N2CCN(CC)CC. The predicted molar refractivity (Wildman–Crippen MR) is 124 cm³/mol. The van der Waals surface area contributed by atoms with Crippen LogP contribution in [0.4, 0.5) is 5.69 Å². The first-order valence-corrected chi connectivity index (χ1v) is 12.5. The molecule has 4 nitrogen and oxygen atoms in total. The van der Waals surface area contributed by atoms with Gasteiger partial charge in [-0.2, -0.15) is 0 Å². The molecule has 3 aliphatic heterocycles. The Kier molecular flexibility index (Phi) is 5.19. The lowest BCUT2D eigenvalue weighted by molar-refractivity contribution is -0.0374. The zero-order valence-corrected chi connectivity index (χ0v) is 19.6. The maximum atomic E-state index is 12.0. The highest BCUT2D eigenvalue weighted by Gasteiger charge is 2.72. The quantitative estimate of drug-likeness (QED) is 0.743. The van der Waals surface area contributed by atoms with Crippen molar-refractivity contribution < 1.29 is 5.11 Å². The van der Waals surface area contributed by atoms with Crippen molar-refractivity contribution in [2.75, 3.05) is 38.1 Å². The average Bonchev–Trinajstić information content (AvgIpc) is 3.14. The zero-order chi connectivity index (χ0) is 21.2. The van der Waals surface area contributed by atoms with Crippen LogP contribution in [0.1, 0.15) is 52.5 Å². The molecule has 0 amide bonds. The van der Waals surface area contributed by atoms with Crippen LogP contribution in [-0.2, 0) is 5.41 Å². The molecular formula is C26H41N3O. The molecule has 3 heterocycles. The van der Waals surface area contributed by atoms with Gasteiger partial charge in [0.15, 0.2) is 0 Å². The first-order chi connectivity index (χ1) is 14.5. The van der Waals surface area contributed by atoms with Crippen molar-refractivity contribution in [2.24, 2.45) is 17.8 Å². The third-order valence-electron chi connectivity index (χ3n) is 9.78. The molecule has 4 heteroatoms. The van der Waals surface area contributed by atoms with Gasteiger partial charge < -0.3 is 14.9 Å². The topological polar surface area (TPSA) is 30.0 Å². The third kappa shape index (κ3) is 2.56. The Labute approximate surface area is 183 Å². The van der Waals surface area contributed by atoms with E-state index >= 15 is 0 Å². The number of piperidine rings is 2. The lowest BCUT2D eigenvalue weighted by Gasteiger charge is -2.55. The van der Waals surface area contributed by atoms with Crippen molar-refractivity contribution in [2.45, 2.75) is 76.6 Å². The molecule has 0 radical (unpaired) electrons. The van der Waals surface area contributed by atoms with Crippen LogP contribution in [-0.4, -0.2) is 72.4 Å². The van der Waals surface area contributed by atoms with Crippen molar-refractivity contribution in [1.29, 1.82) is 0 Å². The van der Waals surface area contributed by atoms with Crippen LogP contribution in [0.2, 0.25) is 0 Å². The Morgan fingerprint density at radius 3 is 2.60 bits per heavy atom. The number of nitrogens with zero attached hydrogens (tertiary/aromatic N) is 3. The summed E-state index contributed by atoms with van der Waals surface area (Å²) < 4.78 is 0. The van der Waals surface area contributed by atoms with Crippen LogP contribution in [0.3, 0.4) is 0 Å². The highest BCUT2D eigenvalue weighted by Crippen LogP contribution is 2.66. The van der Waals surface area contributed by atoms with Crippen LogP contribution in [0, 0.1) is 17.8 Å². The second-order valence-corrected chi connectivity index (χ2v) is 10.5. The minimum absolute atomic E-state index is 0.0702. The monoisotopic (exact) mass is 411 g/mol. The van der Waals surface area contributed by atoms with E-state index < -0.39 is 0 Å². The van der Waals surface area contributed by atoms with Gasteiger partial charge in [0.1, 0.15) is 0 Å². The average molecular weight is 412 g/mol. The molecule has 1 aromatic rings. The number of aliphatic hydroxyl groups is 1. The first kappa shape index (κ1) is 20.8. The molecule has 1 saturated carbocycles. The fourth-order valence-electron chi connectivity index (χ4n) is 8.18. The fraction of sp³-hybridized carbons (Fsp3) is 0.769. The molecule has 2 saturated heterocycles. The largest absolute Gasteiger partial charge is 0.392 e. The van der Waals surface area contributed by atoms with E-state index in [0.29, 0.717) is 35.9 Å². The molecule has 1 N–H and O–H groups in total. The second-order valence-electron chi connectivity index (χ2n) is 10.5. The summed E-state index contributed by atoms with van der Waals surface area (Å²) in [5.74, 6) is 1.75. The molecule has 30 heavy (non-hydrogen) atoms. The zero-order valence-electron chi connectivity index (χ0n) is 19.6. The molecule has 166 valence electrons. The van der Waals surface area contributed by atoms with E-state index in [4.69, 9.17) is 0 Å². The molecule has 1 aliphatic carbocycles. The number of aliphatic hydroxyl groups excluding tert-OH is 1. The van der Waals surface area contributed by atoms with Gasteiger partial charge in [0.05, 0.1) is 12.1 Å². The molecule has 0 aromatic heterocycles.